The van der Waals surface area contributed by atoms with Crippen molar-refractivity contribution in [3.8, 4) is 0 Å². The summed E-state index contributed by atoms with van der Waals surface area (Å²) in [4.78, 5) is 11.4. The molecule has 4 heterocycles. The maximum Gasteiger partial charge on any atom is 0.234 e. The Morgan fingerprint density at radius 3 is 2.91 bits per heavy atom. The molecule has 0 N–H and O–H groups in total. The highest BCUT2D eigenvalue weighted by Crippen LogP contribution is 2.30. The molecular formula is C16H22N4O2. The zero-order valence-corrected chi connectivity index (χ0v) is 13.2. The van der Waals surface area contributed by atoms with Gasteiger partial charge in [0.2, 0.25) is 5.78 Å². The van der Waals surface area contributed by atoms with Crippen LogP contribution in [0.15, 0.2) is 12.3 Å². The second-order valence-corrected chi connectivity index (χ2v) is 6.35. The first-order valence-corrected chi connectivity index (χ1v) is 7.96. The Kier molecular flexibility index (Phi) is 3.40. The summed E-state index contributed by atoms with van der Waals surface area (Å²) in [6, 6.07) is 2.10. The smallest absolute Gasteiger partial charge is 0.234 e. The molecule has 0 aliphatic carbocycles. The maximum atomic E-state index is 5.86. The SMILES string of the molecule is Cc1cc(C)n2c(CN3CCCC4(C3)OCCO4)cnc2n1. The van der Waals surface area contributed by atoms with E-state index in [0.29, 0.717) is 13.2 Å². The lowest BCUT2D eigenvalue weighted by atomic mass is 10.0. The number of aromatic nitrogens is 3. The summed E-state index contributed by atoms with van der Waals surface area (Å²) >= 11 is 0. The van der Waals surface area contributed by atoms with Crippen molar-refractivity contribution in [3.63, 3.8) is 0 Å². The zero-order chi connectivity index (χ0) is 15.2. The normalized spacial score (nSPS) is 21.9. The third kappa shape index (κ3) is 2.41. The van der Waals surface area contributed by atoms with Crippen LogP contribution in [0.25, 0.3) is 5.78 Å². The van der Waals surface area contributed by atoms with Crippen LogP contribution in [0.1, 0.15) is 29.9 Å². The third-order valence-electron chi connectivity index (χ3n) is 4.56. The van der Waals surface area contributed by atoms with Crippen LogP contribution in [-0.4, -0.2) is 51.4 Å². The summed E-state index contributed by atoms with van der Waals surface area (Å²) < 4.78 is 13.9. The van der Waals surface area contributed by atoms with Crippen molar-refractivity contribution in [2.75, 3.05) is 26.3 Å². The highest BCUT2D eigenvalue weighted by molar-refractivity contribution is 5.35. The number of fused-ring (bicyclic) bond motifs is 1. The second kappa shape index (κ2) is 5.30. The van der Waals surface area contributed by atoms with E-state index in [0.717, 1.165) is 43.9 Å². The van der Waals surface area contributed by atoms with Gasteiger partial charge in [-0.3, -0.25) is 9.30 Å². The lowest BCUT2D eigenvalue weighted by molar-refractivity contribution is -0.190. The molecule has 2 aliphatic rings. The largest absolute Gasteiger partial charge is 0.346 e. The van der Waals surface area contributed by atoms with E-state index in [9.17, 15) is 0 Å². The van der Waals surface area contributed by atoms with Crippen molar-refractivity contribution in [2.24, 2.45) is 0 Å². The van der Waals surface area contributed by atoms with Crippen LogP contribution < -0.4 is 0 Å². The lowest BCUT2D eigenvalue weighted by Crippen LogP contribution is -2.48. The van der Waals surface area contributed by atoms with Gasteiger partial charge < -0.3 is 9.47 Å². The van der Waals surface area contributed by atoms with Gasteiger partial charge >= 0.3 is 0 Å². The third-order valence-corrected chi connectivity index (χ3v) is 4.56. The number of aryl methyl sites for hydroxylation is 2. The number of hydrogen-bond acceptors (Lipinski definition) is 5. The first kappa shape index (κ1) is 14.1. The summed E-state index contributed by atoms with van der Waals surface area (Å²) in [5, 5.41) is 0. The molecule has 0 amide bonds. The average Bonchev–Trinajstić information content (AvgIpc) is 3.07. The van der Waals surface area contributed by atoms with Crippen molar-refractivity contribution in [1.29, 1.82) is 0 Å². The fourth-order valence-corrected chi connectivity index (χ4v) is 3.68. The van der Waals surface area contributed by atoms with Crippen molar-refractivity contribution in [2.45, 2.75) is 39.0 Å². The molecular weight excluding hydrogens is 280 g/mol. The Bertz CT molecular complexity index is 691. The number of piperidine rings is 1. The van der Waals surface area contributed by atoms with Crippen LogP contribution in [-0.2, 0) is 16.0 Å². The number of hydrogen-bond donors (Lipinski definition) is 0. The Morgan fingerprint density at radius 1 is 1.27 bits per heavy atom. The molecule has 22 heavy (non-hydrogen) atoms. The van der Waals surface area contributed by atoms with Crippen molar-refractivity contribution in [1.82, 2.24) is 19.3 Å². The van der Waals surface area contributed by atoms with E-state index in [1.54, 1.807) is 0 Å². The van der Waals surface area contributed by atoms with E-state index in [1.165, 1.54) is 11.4 Å². The molecule has 0 aromatic carbocycles. The van der Waals surface area contributed by atoms with Gasteiger partial charge in [0, 0.05) is 24.4 Å². The van der Waals surface area contributed by atoms with E-state index >= 15 is 0 Å². The molecule has 6 heteroatoms. The molecule has 0 atom stereocenters. The highest BCUT2D eigenvalue weighted by Gasteiger charge is 2.40. The molecule has 0 unspecified atom stereocenters. The molecule has 2 fully saturated rings. The summed E-state index contributed by atoms with van der Waals surface area (Å²) in [5.74, 6) is 0.412. The average molecular weight is 302 g/mol. The fourth-order valence-electron chi connectivity index (χ4n) is 3.68. The summed E-state index contributed by atoms with van der Waals surface area (Å²) in [6.07, 6.45) is 4.04. The fraction of sp³-hybridized carbons (Fsp3) is 0.625. The van der Waals surface area contributed by atoms with Gasteiger partial charge in [-0.05, 0) is 32.9 Å². The molecule has 2 aromatic heterocycles. The van der Waals surface area contributed by atoms with Gasteiger partial charge in [0.15, 0.2) is 5.79 Å². The quantitative estimate of drug-likeness (QED) is 0.845. The highest BCUT2D eigenvalue weighted by atomic mass is 16.7. The number of likely N-dealkylation sites (tertiary alicyclic amines) is 1. The van der Waals surface area contributed by atoms with Crippen LogP contribution >= 0.6 is 0 Å². The van der Waals surface area contributed by atoms with Gasteiger partial charge in [0.1, 0.15) is 0 Å². The molecule has 0 saturated carbocycles. The molecule has 2 saturated heterocycles. The van der Waals surface area contributed by atoms with E-state index in [2.05, 4.69) is 32.3 Å². The van der Waals surface area contributed by atoms with Crippen LogP contribution in [0.4, 0.5) is 0 Å². The monoisotopic (exact) mass is 302 g/mol. The number of imidazole rings is 1. The predicted molar refractivity (Wildman–Crippen MR) is 81.6 cm³/mol. The summed E-state index contributed by atoms with van der Waals surface area (Å²) in [6.45, 7) is 8.29. The minimum atomic E-state index is -0.372. The molecule has 4 rings (SSSR count). The van der Waals surface area contributed by atoms with Gasteiger partial charge in [-0.15, -0.1) is 0 Å². The number of ether oxygens (including phenoxy) is 2. The molecule has 1 spiro atoms. The van der Waals surface area contributed by atoms with E-state index < -0.39 is 0 Å². The van der Waals surface area contributed by atoms with Gasteiger partial charge in [0.25, 0.3) is 0 Å². The van der Waals surface area contributed by atoms with Crippen LogP contribution in [0.5, 0.6) is 0 Å². The topological polar surface area (TPSA) is 51.9 Å². The molecule has 2 aromatic rings. The first-order valence-electron chi connectivity index (χ1n) is 7.96. The van der Waals surface area contributed by atoms with Crippen LogP contribution in [0, 0.1) is 13.8 Å². The Hall–Kier alpha value is -1.50. The van der Waals surface area contributed by atoms with Crippen molar-refractivity contribution >= 4 is 5.78 Å². The van der Waals surface area contributed by atoms with Gasteiger partial charge in [0.05, 0.1) is 31.6 Å². The number of rotatable bonds is 2. The van der Waals surface area contributed by atoms with Crippen molar-refractivity contribution in [3.05, 3.63) is 29.3 Å². The minimum Gasteiger partial charge on any atom is -0.346 e. The molecule has 0 radical (unpaired) electrons. The Balaban J connectivity index is 1.58. The second-order valence-electron chi connectivity index (χ2n) is 6.35. The van der Waals surface area contributed by atoms with E-state index in [-0.39, 0.29) is 5.79 Å². The summed E-state index contributed by atoms with van der Waals surface area (Å²) in [7, 11) is 0. The molecule has 6 nitrogen and oxygen atoms in total. The van der Waals surface area contributed by atoms with E-state index in [1.807, 2.05) is 13.1 Å². The lowest BCUT2D eigenvalue weighted by Gasteiger charge is -2.38. The standard InChI is InChI=1S/C16H22N4O2/c1-12-8-13(2)20-14(9-17-15(20)18-12)10-19-5-3-4-16(11-19)21-6-7-22-16/h8-9H,3-7,10-11H2,1-2H3. The van der Waals surface area contributed by atoms with E-state index in [4.69, 9.17) is 9.47 Å². The van der Waals surface area contributed by atoms with Crippen molar-refractivity contribution < 1.29 is 9.47 Å². The van der Waals surface area contributed by atoms with Crippen LogP contribution in [0.3, 0.4) is 0 Å². The minimum absolute atomic E-state index is 0.372. The van der Waals surface area contributed by atoms with Gasteiger partial charge in [-0.1, -0.05) is 0 Å². The summed E-state index contributed by atoms with van der Waals surface area (Å²) in [5.41, 5.74) is 3.36. The Labute approximate surface area is 130 Å². The molecule has 118 valence electrons. The molecule has 0 bridgehead atoms. The first-order chi connectivity index (χ1) is 10.7. The maximum absolute atomic E-state index is 5.86. The zero-order valence-electron chi connectivity index (χ0n) is 13.2. The Morgan fingerprint density at radius 2 is 2.09 bits per heavy atom. The van der Waals surface area contributed by atoms with Gasteiger partial charge in [-0.2, -0.15) is 0 Å². The molecule has 2 aliphatic heterocycles. The van der Waals surface area contributed by atoms with Gasteiger partial charge in [-0.25, -0.2) is 9.97 Å². The van der Waals surface area contributed by atoms with Crippen LogP contribution in [0.2, 0.25) is 0 Å². The number of nitrogens with zero attached hydrogens (tertiary/aromatic N) is 4. The predicted octanol–water partition coefficient (Wildman–Crippen LogP) is 1.69.